The van der Waals surface area contributed by atoms with Crippen LogP contribution in [0.2, 0.25) is 0 Å². The molecule has 0 radical (unpaired) electrons. The van der Waals surface area contributed by atoms with Gasteiger partial charge >= 0.3 is 5.97 Å². The van der Waals surface area contributed by atoms with E-state index in [-0.39, 0.29) is 6.61 Å². The van der Waals surface area contributed by atoms with Crippen LogP contribution in [0.25, 0.3) is 0 Å². The number of unbranched alkanes of at least 4 members (excludes halogenated alkanes) is 4. The highest BCUT2D eigenvalue weighted by Crippen LogP contribution is 2.21. The van der Waals surface area contributed by atoms with Gasteiger partial charge in [-0.1, -0.05) is 62.1 Å². The highest BCUT2D eigenvalue weighted by Gasteiger charge is 2.25. The normalized spacial score (nSPS) is 14.6. The number of anilines is 1. The maximum absolute atomic E-state index is 12.5. The molecule has 7 nitrogen and oxygen atoms in total. The number of aliphatic carboxylic acids is 1. The van der Waals surface area contributed by atoms with Crippen LogP contribution in [0, 0.1) is 0 Å². The van der Waals surface area contributed by atoms with E-state index in [0.717, 1.165) is 69.4 Å². The first-order valence-electron chi connectivity index (χ1n) is 12.0. The Balaban J connectivity index is 1.35. The van der Waals surface area contributed by atoms with Crippen LogP contribution in [0.3, 0.4) is 0 Å². The van der Waals surface area contributed by atoms with Gasteiger partial charge in [-0.05, 0) is 49.3 Å². The molecule has 1 aromatic carbocycles. The van der Waals surface area contributed by atoms with Crippen molar-refractivity contribution >= 4 is 17.7 Å². The second kappa shape index (κ2) is 12.9. The lowest BCUT2D eigenvalue weighted by Gasteiger charge is -2.19. The molecule has 0 saturated heterocycles. The van der Waals surface area contributed by atoms with E-state index in [1.54, 1.807) is 24.3 Å². The Bertz CT molecular complexity index is 904. The Morgan fingerprint density at radius 3 is 2.55 bits per heavy atom. The fraction of sp³-hybridized carbons (Fsp3) is 0.500. The molecule has 1 amide bonds. The first kappa shape index (κ1) is 24.7. The summed E-state index contributed by atoms with van der Waals surface area (Å²) >= 11 is 0. The highest BCUT2D eigenvalue weighted by molar-refractivity contribution is 5.88. The molecule has 4 N–H and O–H groups in total. The van der Waals surface area contributed by atoms with Gasteiger partial charge in [-0.25, -0.2) is 9.78 Å². The Hall–Kier alpha value is -2.93. The molecule has 7 heteroatoms. The summed E-state index contributed by atoms with van der Waals surface area (Å²) in [6.07, 6.45) is 8.38. The highest BCUT2D eigenvalue weighted by atomic mass is 16.4. The van der Waals surface area contributed by atoms with Gasteiger partial charge in [0.2, 0.25) is 5.91 Å². The third kappa shape index (κ3) is 7.56. The number of carboxylic acids is 1. The smallest absolute Gasteiger partial charge is 0.326 e. The Morgan fingerprint density at radius 2 is 1.79 bits per heavy atom. The van der Waals surface area contributed by atoms with Gasteiger partial charge in [-0.15, -0.1) is 0 Å². The van der Waals surface area contributed by atoms with Crippen molar-refractivity contribution in [3.8, 4) is 0 Å². The first-order chi connectivity index (χ1) is 16.1. The number of aryl methyl sites for hydroxylation is 2. The van der Waals surface area contributed by atoms with Gasteiger partial charge in [0.1, 0.15) is 11.9 Å². The number of hydrogen-bond donors (Lipinski definition) is 4. The number of benzene rings is 1. The van der Waals surface area contributed by atoms with Gasteiger partial charge in [-0.3, -0.25) is 4.79 Å². The number of aromatic nitrogens is 1. The largest absolute Gasteiger partial charge is 0.480 e. The third-order valence-corrected chi connectivity index (χ3v) is 6.19. The Labute approximate surface area is 195 Å². The summed E-state index contributed by atoms with van der Waals surface area (Å²) in [7, 11) is 0. The second-order valence-electron chi connectivity index (χ2n) is 8.69. The maximum Gasteiger partial charge on any atom is 0.326 e. The predicted octanol–water partition coefficient (Wildman–Crippen LogP) is 3.67. The monoisotopic (exact) mass is 453 g/mol. The second-order valence-corrected chi connectivity index (χ2v) is 8.69. The van der Waals surface area contributed by atoms with E-state index in [9.17, 15) is 19.8 Å². The predicted molar refractivity (Wildman–Crippen MR) is 128 cm³/mol. The average Bonchev–Trinajstić information content (AvgIpc) is 2.83. The van der Waals surface area contributed by atoms with E-state index in [4.69, 9.17) is 4.98 Å². The third-order valence-electron chi connectivity index (χ3n) is 6.19. The molecular weight excluding hydrogens is 418 g/mol. The molecule has 2 heterocycles. The summed E-state index contributed by atoms with van der Waals surface area (Å²) in [6.45, 7) is 0.630. The number of pyridine rings is 1. The van der Waals surface area contributed by atoms with Gasteiger partial charge < -0.3 is 20.8 Å². The number of aliphatic hydroxyl groups is 1. The lowest BCUT2D eigenvalue weighted by molar-refractivity contribution is -0.142. The minimum absolute atomic E-state index is 0.364. The molecule has 1 aromatic heterocycles. The molecule has 0 bridgehead atoms. The minimum atomic E-state index is -1.04. The molecule has 0 aliphatic carbocycles. The number of nitrogens with zero attached hydrogens (tertiary/aromatic N) is 1. The van der Waals surface area contributed by atoms with Crippen molar-refractivity contribution in [1.29, 1.82) is 0 Å². The average molecular weight is 454 g/mol. The molecule has 3 rings (SSSR count). The number of carbonyl (C=O) groups is 2. The van der Waals surface area contributed by atoms with Crippen molar-refractivity contribution in [2.45, 2.75) is 69.7 Å². The fourth-order valence-electron chi connectivity index (χ4n) is 4.25. The van der Waals surface area contributed by atoms with Crippen LogP contribution in [-0.4, -0.2) is 46.3 Å². The molecule has 1 aliphatic rings. The van der Waals surface area contributed by atoms with Crippen molar-refractivity contribution in [1.82, 2.24) is 10.3 Å². The molecule has 2 aromatic rings. The van der Waals surface area contributed by atoms with E-state index in [1.165, 1.54) is 5.56 Å². The van der Waals surface area contributed by atoms with Gasteiger partial charge in [0, 0.05) is 12.2 Å². The van der Waals surface area contributed by atoms with Gasteiger partial charge in [0.25, 0.3) is 0 Å². The number of carboxylic acid groups (broad SMARTS) is 1. The van der Waals surface area contributed by atoms with E-state index in [1.807, 2.05) is 6.07 Å². The number of amides is 1. The summed E-state index contributed by atoms with van der Waals surface area (Å²) in [5.41, 5.74) is 3.10. The fourth-order valence-corrected chi connectivity index (χ4v) is 4.25. The summed E-state index contributed by atoms with van der Waals surface area (Å²) in [4.78, 5) is 28.9. The maximum atomic E-state index is 12.5. The molecular formula is C26H35N3O4. The molecule has 1 aliphatic heterocycles. The summed E-state index contributed by atoms with van der Waals surface area (Å²) in [5.74, 6) is -1.22. The van der Waals surface area contributed by atoms with Crippen molar-refractivity contribution in [3.63, 3.8) is 0 Å². The van der Waals surface area contributed by atoms with E-state index in [0.29, 0.717) is 12.0 Å². The van der Waals surface area contributed by atoms with Crippen LogP contribution < -0.4 is 10.6 Å². The van der Waals surface area contributed by atoms with Crippen molar-refractivity contribution < 1.29 is 19.8 Å². The lowest BCUT2D eigenvalue weighted by Crippen LogP contribution is -2.43. The zero-order chi connectivity index (χ0) is 23.5. The number of rotatable bonds is 13. The molecule has 2 atom stereocenters. The first-order valence-corrected chi connectivity index (χ1v) is 12.0. The van der Waals surface area contributed by atoms with Crippen molar-refractivity contribution in [3.05, 3.63) is 59.3 Å². The van der Waals surface area contributed by atoms with Gasteiger partial charge in [-0.2, -0.15) is 0 Å². The quantitative estimate of drug-likeness (QED) is 0.344. The van der Waals surface area contributed by atoms with Crippen LogP contribution >= 0.6 is 0 Å². The lowest BCUT2D eigenvalue weighted by atomic mass is 9.98. The molecule has 33 heavy (non-hydrogen) atoms. The summed E-state index contributed by atoms with van der Waals surface area (Å²) in [5, 5.41) is 25.1. The van der Waals surface area contributed by atoms with Crippen molar-refractivity contribution in [2.75, 3.05) is 18.5 Å². The molecule has 0 spiro atoms. The van der Waals surface area contributed by atoms with Gasteiger partial charge in [0.15, 0.2) is 0 Å². The summed E-state index contributed by atoms with van der Waals surface area (Å²) in [6, 6.07) is 12.3. The number of hydrogen-bond acceptors (Lipinski definition) is 5. The minimum Gasteiger partial charge on any atom is -0.480 e. The van der Waals surface area contributed by atoms with Gasteiger partial charge in [0.05, 0.1) is 12.5 Å². The molecule has 178 valence electrons. The molecule has 0 saturated carbocycles. The van der Waals surface area contributed by atoms with E-state index < -0.39 is 23.8 Å². The Kier molecular flexibility index (Phi) is 9.69. The zero-order valence-electron chi connectivity index (χ0n) is 19.1. The van der Waals surface area contributed by atoms with Crippen LogP contribution in [0.5, 0.6) is 0 Å². The number of fused-ring (bicyclic) bond motifs is 1. The van der Waals surface area contributed by atoms with E-state index in [2.05, 4.69) is 22.8 Å². The summed E-state index contributed by atoms with van der Waals surface area (Å²) < 4.78 is 0. The molecule has 0 fully saturated rings. The van der Waals surface area contributed by atoms with Crippen LogP contribution in [0.4, 0.5) is 5.82 Å². The SMILES string of the molecule is O=C(N[C@@H](CCCCCCCc1ccc2c(n1)NCCC2)C(=O)O)C(CO)c1ccccc1. The zero-order valence-corrected chi connectivity index (χ0v) is 19.1. The topological polar surface area (TPSA) is 112 Å². The van der Waals surface area contributed by atoms with Crippen LogP contribution in [0.1, 0.15) is 67.7 Å². The number of carbonyl (C=O) groups excluding carboxylic acids is 1. The Morgan fingerprint density at radius 1 is 1.03 bits per heavy atom. The molecule has 1 unspecified atom stereocenters. The number of nitrogens with one attached hydrogen (secondary N) is 2. The number of aliphatic hydroxyl groups excluding tert-OH is 1. The van der Waals surface area contributed by atoms with Crippen LogP contribution in [0.15, 0.2) is 42.5 Å². The van der Waals surface area contributed by atoms with Crippen LogP contribution in [-0.2, 0) is 22.4 Å². The van der Waals surface area contributed by atoms with E-state index >= 15 is 0 Å². The van der Waals surface area contributed by atoms with Crippen molar-refractivity contribution in [2.24, 2.45) is 0 Å². The standard InChI is InChI=1S/C26H35N3O4/c30-18-22(19-10-5-4-6-11-19)25(31)29-23(26(32)33)14-8-3-1-2-7-13-21-16-15-20-12-9-17-27-24(20)28-21/h4-6,10-11,15-16,22-23,30H,1-3,7-9,12-14,17-18H2,(H,27,28)(H,29,31)(H,32,33)/t22?,23-/m0/s1.